The monoisotopic (exact) mass is 161 g/mol. The molecule has 0 aliphatic rings. The molecular weight excluding hydrogens is 156 g/mol. The molecule has 1 heterocycles. The number of rotatable bonds is 1. The minimum atomic E-state index is -2.97. The van der Waals surface area contributed by atoms with Crippen LogP contribution in [0.15, 0.2) is 15.7 Å². The van der Waals surface area contributed by atoms with Crippen molar-refractivity contribution in [2.24, 2.45) is 0 Å². The molecule has 1 aromatic rings. The third-order valence-corrected chi connectivity index (χ3v) is 3.46. The molecule has 2 nitrogen and oxygen atoms in total. The van der Waals surface area contributed by atoms with Crippen molar-refractivity contribution >= 4 is 21.2 Å². The molecule has 0 bridgehead atoms. The Morgan fingerprint density at radius 1 is 1.67 bits per heavy atom. The van der Waals surface area contributed by atoms with Crippen molar-refractivity contribution in [3.8, 4) is 0 Å². The summed E-state index contributed by atoms with van der Waals surface area (Å²) in [6.07, 6.45) is 1.19. The maximum absolute atomic E-state index is 10.7. The Kier molecular flexibility index (Phi) is 1.59. The van der Waals surface area contributed by atoms with Crippen molar-refractivity contribution in [3.05, 3.63) is 17.5 Å². The molecule has 1 radical (unpaired) electrons. The Morgan fingerprint density at radius 3 is 2.56 bits per heavy atom. The molecule has 0 unspecified atom stereocenters. The van der Waals surface area contributed by atoms with E-state index in [1.165, 1.54) is 23.7 Å². The van der Waals surface area contributed by atoms with Crippen molar-refractivity contribution in [2.45, 2.75) is 4.21 Å². The van der Waals surface area contributed by atoms with Gasteiger partial charge < -0.3 is 0 Å². The van der Waals surface area contributed by atoms with Gasteiger partial charge in [-0.25, -0.2) is 8.42 Å². The third kappa shape index (κ3) is 1.53. The van der Waals surface area contributed by atoms with Crippen LogP contribution < -0.4 is 0 Å². The van der Waals surface area contributed by atoms with Gasteiger partial charge in [0.15, 0.2) is 9.84 Å². The SMILES string of the molecule is CS(=O)(=O)c1c[c]cs1. The highest BCUT2D eigenvalue weighted by molar-refractivity contribution is 7.92. The van der Waals surface area contributed by atoms with E-state index < -0.39 is 9.84 Å². The lowest BCUT2D eigenvalue weighted by molar-refractivity contribution is 0.604. The first-order valence-corrected chi connectivity index (χ1v) is 5.02. The molecule has 0 saturated carbocycles. The zero-order chi connectivity index (χ0) is 6.91. The zero-order valence-corrected chi connectivity index (χ0v) is 6.42. The molecule has 0 atom stereocenters. The van der Waals surface area contributed by atoms with Crippen LogP contribution in [0, 0.1) is 6.07 Å². The van der Waals surface area contributed by atoms with Crippen LogP contribution in [0.3, 0.4) is 0 Å². The molecule has 1 aromatic heterocycles. The molecule has 1 rings (SSSR count). The summed E-state index contributed by atoms with van der Waals surface area (Å²) >= 11 is 1.19. The van der Waals surface area contributed by atoms with E-state index in [9.17, 15) is 8.42 Å². The lowest BCUT2D eigenvalue weighted by Gasteiger charge is -1.86. The Balaban J connectivity index is 3.20. The van der Waals surface area contributed by atoms with Crippen LogP contribution >= 0.6 is 11.3 Å². The van der Waals surface area contributed by atoms with E-state index in [0.717, 1.165) is 0 Å². The van der Waals surface area contributed by atoms with Crippen molar-refractivity contribution < 1.29 is 8.42 Å². The highest BCUT2D eigenvalue weighted by atomic mass is 32.2. The Morgan fingerprint density at radius 2 is 2.33 bits per heavy atom. The molecule has 0 fully saturated rings. The van der Waals surface area contributed by atoms with E-state index in [-0.39, 0.29) is 0 Å². The van der Waals surface area contributed by atoms with Crippen LogP contribution in [0.25, 0.3) is 0 Å². The fourth-order valence-corrected chi connectivity index (χ4v) is 1.94. The molecule has 0 N–H and O–H groups in total. The molecule has 0 aliphatic heterocycles. The van der Waals surface area contributed by atoms with Gasteiger partial charge >= 0.3 is 0 Å². The van der Waals surface area contributed by atoms with Gasteiger partial charge in [0.2, 0.25) is 0 Å². The summed E-state index contributed by atoms with van der Waals surface area (Å²) in [5.74, 6) is 0. The van der Waals surface area contributed by atoms with Gasteiger partial charge in [-0.05, 0) is 17.5 Å². The van der Waals surface area contributed by atoms with Crippen LogP contribution in [0.2, 0.25) is 0 Å². The largest absolute Gasteiger partial charge is 0.223 e. The number of hydrogen-bond acceptors (Lipinski definition) is 3. The Hall–Kier alpha value is -0.350. The maximum Gasteiger partial charge on any atom is 0.184 e. The van der Waals surface area contributed by atoms with Gasteiger partial charge in [-0.1, -0.05) is 0 Å². The molecule has 0 aromatic carbocycles. The predicted octanol–water partition coefficient (Wildman–Crippen LogP) is 0.952. The summed E-state index contributed by atoms with van der Waals surface area (Å²) in [4.78, 5) is 0. The standard InChI is InChI=1S/C5H5O2S2/c1-9(6,7)5-3-2-4-8-5/h3-4H,1H3. The summed E-state index contributed by atoms with van der Waals surface area (Å²) in [7, 11) is -2.97. The van der Waals surface area contributed by atoms with Gasteiger partial charge in [0.05, 0.1) is 0 Å². The van der Waals surface area contributed by atoms with E-state index in [2.05, 4.69) is 6.07 Å². The average Bonchev–Trinajstić information content (AvgIpc) is 2.08. The van der Waals surface area contributed by atoms with Crippen LogP contribution in [-0.4, -0.2) is 14.7 Å². The van der Waals surface area contributed by atoms with Gasteiger partial charge in [0.1, 0.15) is 4.21 Å². The predicted molar refractivity (Wildman–Crippen MR) is 36.3 cm³/mol. The topological polar surface area (TPSA) is 34.1 Å². The van der Waals surface area contributed by atoms with Gasteiger partial charge in [-0.3, -0.25) is 0 Å². The summed E-state index contributed by atoms with van der Waals surface area (Å²) in [6.45, 7) is 0. The highest BCUT2D eigenvalue weighted by Gasteiger charge is 2.05. The van der Waals surface area contributed by atoms with E-state index in [0.29, 0.717) is 4.21 Å². The molecule has 4 heteroatoms. The lowest BCUT2D eigenvalue weighted by Crippen LogP contribution is -1.91. The summed E-state index contributed by atoms with van der Waals surface area (Å²) in [6, 6.07) is 4.15. The fourth-order valence-electron chi connectivity index (χ4n) is 0.423. The normalized spacial score (nSPS) is 11.7. The number of hydrogen-bond donors (Lipinski definition) is 0. The quantitative estimate of drug-likeness (QED) is 0.614. The van der Waals surface area contributed by atoms with Crippen molar-refractivity contribution in [1.29, 1.82) is 0 Å². The van der Waals surface area contributed by atoms with Gasteiger partial charge in [-0.2, -0.15) is 0 Å². The highest BCUT2D eigenvalue weighted by Crippen LogP contribution is 2.13. The van der Waals surface area contributed by atoms with Gasteiger partial charge in [0.25, 0.3) is 0 Å². The average molecular weight is 161 g/mol. The second-order valence-electron chi connectivity index (χ2n) is 1.64. The first-order valence-electron chi connectivity index (χ1n) is 2.25. The number of sulfone groups is 1. The van der Waals surface area contributed by atoms with Crippen LogP contribution in [0.4, 0.5) is 0 Å². The van der Waals surface area contributed by atoms with E-state index in [1.807, 2.05) is 0 Å². The second-order valence-corrected chi connectivity index (χ2v) is 4.79. The molecule has 0 spiro atoms. The van der Waals surface area contributed by atoms with Crippen LogP contribution in [-0.2, 0) is 9.84 Å². The van der Waals surface area contributed by atoms with Crippen LogP contribution in [0.1, 0.15) is 0 Å². The summed E-state index contributed by atoms with van der Waals surface area (Å²) < 4.78 is 21.7. The first kappa shape index (κ1) is 6.77. The van der Waals surface area contributed by atoms with Gasteiger partial charge in [0, 0.05) is 6.26 Å². The Bertz CT molecular complexity index is 270. The molecule has 49 valence electrons. The molecule has 0 aliphatic carbocycles. The fraction of sp³-hybridized carbons (Fsp3) is 0.200. The van der Waals surface area contributed by atoms with Crippen molar-refractivity contribution in [2.75, 3.05) is 6.26 Å². The van der Waals surface area contributed by atoms with Crippen molar-refractivity contribution in [1.82, 2.24) is 0 Å². The lowest BCUT2D eigenvalue weighted by atomic mass is 10.7. The van der Waals surface area contributed by atoms with E-state index >= 15 is 0 Å². The first-order chi connectivity index (χ1) is 4.11. The molecular formula is C5H5O2S2. The molecule has 0 amide bonds. The smallest absolute Gasteiger partial charge is 0.184 e. The summed E-state index contributed by atoms with van der Waals surface area (Å²) in [5, 5.41) is 1.62. The van der Waals surface area contributed by atoms with E-state index in [4.69, 9.17) is 0 Å². The Labute approximate surface area is 58.1 Å². The molecule has 0 saturated heterocycles. The molecule has 9 heavy (non-hydrogen) atoms. The van der Waals surface area contributed by atoms with Gasteiger partial charge in [-0.15, -0.1) is 11.3 Å². The second kappa shape index (κ2) is 2.11. The zero-order valence-electron chi connectivity index (χ0n) is 4.79. The van der Waals surface area contributed by atoms with Crippen molar-refractivity contribution in [3.63, 3.8) is 0 Å². The van der Waals surface area contributed by atoms with Crippen LogP contribution in [0.5, 0.6) is 0 Å². The minimum absolute atomic E-state index is 0.377. The maximum atomic E-state index is 10.7. The minimum Gasteiger partial charge on any atom is -0.223 e. The number of thiophene rings is 1. The third-order valence-electron chi connectivity index (χ3n) is 0.810. The van der Waals surface area contributed by atoms with E-state index in [1.54, 1.807) is 5.38 Å². The summed E-state index contributed by atoms with van der Waals surface area (Å²) in [5.41, 5.74) is 0.